The number of nitrogens with zero attached hydrogens (tertiary/aromatic N) is 1. The van der Waals surface area contributed by atoms with Crippen LogP contribution in [0.1, 0.15) is 30.9 Å². The molecule has 2 N–H and O–H groups in total. The first-order valence-corrected chi connectivity index (χ1v) is 5.59. The molecule has 1 aliphatic carbocycles. The molecule has 0 amide bonds. The molecule has 1 fully saturated rings. The summed E-state index contributed by atoms with van der Waals surface area (Å²) in [6.45, 7) is 0.293. The zero-order valence-electron chi connectivity index (χ0n) is 9.53. The first-order valence-electron chi connectivity index (χ1n) is 5.59. The number of rotatable bonds is 4. The van der Waals surface area contributed by atoms with E-state index in [2.05, 4.69) is 30.0 Å². The predicted octanol–water partition coefficient (Wildman–Crippen LogP) is 1.78. The summed E-state index contributed by atoms with van der Waals surface area (Å²) in [6, 6.07) is 2.45. The molecule has 3 heteroatoms. The molecule has 1 atom stereocenters. The Hall–Kier alpha value is -0.800. The van der Waals surface area contributed by atoms with Gasteiger partial charge < -0.3 is 15.0 Å². The fourth-order valence-corrected chi connectivity index (χ4v) is 2.86. The van der Waals surface area contributed by atoms with Crippen molar-refractivity contribution in [2.75, 3.05) is 20.7 Å². The maximum atomic E-state index is 9.62. The van der Waals surface area contributed by atoms with Crippen LogP contribution < -0.4 is 0 Å². The Kier molecular flexibility index (Phi) is 2.85. The van der Waals surface area contributed by atoms with Crippen molar-refractivity contribution in [2.24, 2.45) is 5.41 Å². The summed E-state index contributed by atoms with van der Waals surface area (Å²) in [5.74, 6) is 0. The molecule has 1 heterocycles. The van der Waals surface area contributed by atoms with Crippen LogP contribution >= 0.6 is 0 Å². The molecule has 2 rings (SSSR count). The summed E-state index contributed by atoms with van der Waals surface area (Å²) in [7, 11) is 4.18. The average molecular weight is 208 g/mol. The number of nitrogens with one attached hydrogen (secondary N) is 1. The number of aliphatic hydroxyl groups excluding tert-OH is 1. The van der Waals surface area contributed by atoms with Crippen molar-refractivity contribution in [2.45, 2.75) is 25.3 Å². The monoisotopic (exact) mass is 208 g/mol. The Morgan fingerprint density at radius 2 is 2.27 bits per heavy atom. The fourth-order valence-electron chi connectivity index (χ4n) is 2.86. The highest BCUT2D eigenvalue weighted by atomic mass is 16.3. The summed E-state index contributed by atoms with van der Waals surface area (Å²) >= 11 is 0. The molecule has 0 bridgehead atoms. The van der Waals surface area contributed by atoms with Crippen LogP contribution in [-0.4, -0.2) is 35.7 Å². The molecule has 0 radical (unpaired) electrons. The van der Waals surface area contributed by atoms with E-state index in [1.165, 1.54) is 12.0 Å². The molecule has 1 unspecified atom stereocenters. The Balaban J connectivity index is 2.27. The van der Waals surface area contributed by atoms with Gasteiger partial charge in [0.15, 0.2) is 0 Å². The van der Waals surface area contributed by atoms with Gasteiger partial charge in [-0.1, -0.05) is 6.42 Å². The first-order chi connectivity index (χ1) is 7.19. The molecule has 1 aliphatic rings. The van der Waals surface area contributed by atoms with Crippen LogP contribution in [0.5, 0.6) is 0 Å². The molecular weight excluding hydrogens is 188 g/mol. The second kappa shape index (κ2) is 3.99. The van der Waals surface area contributed by atoms with E-state index in [0.717, 1.165) is 12.8 Å². The number of aliphatic hydroxyl groups is 1. The molecule has 0 spiro atoms. The zero-order valence-corrected chi connectivity index (χ0v) is 9.53. The molecule has 0 saturated heterocycles. The van der Waals surface area contributed by atoms with E-state index in [1.807, 2.05) is 12.4 Å². The third-order valence-corrected chi connectivity index (χ3v) is 3.70. The highest BCUT2D eigenvalue weighted by molar-refractivity contribution is 5.19. The van der Waals surface area contributed by atoms with Gasteiger partial charge in [0.05, 0.1) is 6.61 Å². The highest BCUT2D eigenvalue weighted by Gasteiger charge is 2.45. The Bertz CT molecular complexity index is 296. The minimum Gasteiger partial charge on any atom is -0.396 e. The lowest BCUT2D eigenvalue weighted by molar-refractivity contribution is -0.0308. The van der Waals surface area contributed by atoms with Crippen LogP contribution in [0, 0.1) is 5.41 Å². The lowest BCUT2D eigenvalue weighted by Crippen LogP contribution is -2.45. The zero-order chi connectivity index (χ0) is 10.9. The standard InChI is InChI=1S/C12H20N2O/c1-14(2)11(10-4-7-13-8-10)12(9-15)5-3-6-12/h4,7-8,11,13,15H,3,5-6,9H2,1-2H3. The van der Waals surface area contributed by atoms with Gasteiger partial charge in [-0.15, -0.1) is 0 Å². The maximum absolute atomic E-state index is 9.62. The van der Waals surface area contributed by atoms with Gasteiger partial charge in [-0.05, 0) is 38.6 Å². The third-order valence-electron chi connectivity index (χ3n) is 3.70. The minimum absolute atomic E-state index is 0.0890. The van der Waals surface area contributed by atoms with Gasteiger partial charge in [-0.25, -0.2) is 0 Å². The molecular formula is C12H20N2O. The fraction of sp³-hybridized carbons (Fsp3) is 0.667. The van der Waals surface area contributed by atoms with Gasteiger partial charge in [0.25, 0.3) is 0 Å². The number of H-pyrrole nitrogens is 1. The lowest BCUT2D eigenvalue weighted by atomic mass is 9.63. The van der Waals surface area contributed by atoms with E-state index in [-0.39, 0.29) is 5.41 Å². The summed E-state index contributed by atoms with van der Waals surface area (Å²) < 4.78 is 0. The Labute approximate surface area is 91.1 Å². The van der Waals surface area contributed by atoms with Crippen molar-refractivity contribution < 1.29 is 5.11 Å². The summed E-state index contributed by atoms with van der Waals surface area (Å²) in [5, 5.41) is 9.62. The third kappa shape index (κ3) is 1.70. The second-order valence-corrected chi connectivity index (χ2v) is 4.88. The number of aromatic amines is 1. The van der Waals surface area contributed by atoms with Crippen LogP contribution in [0.4, 0.5) is 0 Å². The maximum Gasteiger partial charge on any atom is 0.0505 e. The van der Waals surface area contributed by atoms with Crippen molar-refractivity contribution in [3.05, 3.63) is 24.0 Å². The average Bonchev–Trinajstić information content (AvgIpc) is 2.62. The molecule has 1 aromatic heterocycles. The van der Waals surface area contributed by atoms with E-state index in [0.29, 0.717) is 12.6 Å². The van der Waals surface area contributed by atoms with Crippen molar-refractivity contribution >= 4 is 0 Å². The summed E-state index contributed by atoms with van der Waals surface area (Å²) in [5.41, 5.74) is 1.37. The van der Waals surface area contributed by atoms with Crippen LogP contribution in [0.3, 0.4) is 0 Å². The van der Waals surface area contributed by atoms with Crippen molar-refractivity contribution in [1.29, 1.82) is 0 Å². The van der Waals surface area contributed by atoms with E-state index < -0.39 is 0 Å². The van der Waals surface area contributed by atoms with Crippen molar-refractivity contribution in [3.8, 4) is 0 Å². The molecule has 84 valence electrons. The minimum atomic E-state index is 0.0890. The van der Waals surface area contributed by atoms with Gasteiger partial charge in [-0.3, -0.25) is 0 Å². The first kappa shape index (κ1) is 10.7. The largest absolute Gasteiger partial charge is 0.396 e. The van der Waals surface area contributed by atoms with Gasteiger partial charge in [0.2, 0.25) is 0 Å². The molecule has 1 aromatic rings. The SMILES string of the molecule is CN(C)C(c1cc[nH]c1)C1(CO)CCC1. The van der Waals surface area contributed by atoms with Crippen molar-refractivity contribution in [3.63, 3.8) is 0 Å². The normalized spacial score (nSPS) is 21.3. The van der Waals surface area contributed by atoms with Gasteiger partial charge in [-0.2, -0.15) is 0 Å². The molecule has 1 saturated carbocycles. The second-order valence-electron chi connectivity index (χ2n) is 4.88. The topological polar surface area (TPSA) is 39.3 Å². The number of aromatic nitrogens is 1. The Morgan fingerprint density at radius 3 is 2.60 bits per heavy atom. The number of hydrogen-bond donors (Lipinski definition) is 2. The smallest absolute Gasteiger partial charge is 0.0505 e. The number of hydrogen-bond acceptors (Lipinski definition) is 2. The highest BCUT2D eigenvalue weighted by Crippen LogP contribution is 2.51. The van der Waals surface area contributed by atoms with Gasteiger partial charge in [0.1, 0.15) is 0 Å². The predicted molar refractivity (Wildman–Crippen MR) is 60.6 cm³/mol. The van der Waals surface area contributed by atoms with E-state index in [9.17, 15) is 5.11 Å². The molecule has 3 nitrogen and oxygen atoms in total. The van der Waals surface area contributed by atoms with Gasteiger partial charge >= 0.3 is 0 Å². The lowest BCUT2D eigenvalue weighted by Gasteiger charge is -2.49. The molecule has 0 aromatic carbocycles. The summed E-state index contributed by atoms with van der Waals surface area (Å²) in [4.78, 5) is 5.32. The summed E-state index contributed by atoms with van der Waals surface area (Å²) in [6.07, 6.45) is 7.51. The van der Waals surface area contributed by atoms with E-state index >= 15 is 0 Å². The van der Waals surface area contributed by atoms with E-state index in [1.54, 1.807) is 0 Å². The quantitative estimate of drug-likeness (QED) is 0.791. The van der Waals surface area contributed by atoms with Crippen LogP contribution in [-0.2, 0) is 0 Å². The van der Waals surface area contributed by atoms with Crippen LogP contribution in [0.2, 0.25) is 0 Å². The Morgan fingerprint density at radius 1 is 1.53 bits per heavy atom. The van der Waals surface area contributed by atoms with Crippen molar-refractivity contribution in [1.82, 2.24) is 9.88 Å². The van der Waals surface area contributed by atoms with Gasteiger partial charge in [0, 0.05) is 23.9 Å². The molecule has 0 aliphatic heterocycles. The van der Waals surface area contributed by atoms with Crippen LogP contribution in [0.25, 0.3) is 0 Å². The van der Waals surface area contributed by atoms with E-state index in [4.69, 9.17) is 0 Å². The van der Waals surface area contributed by atoms with Crippen LogP contribution in [0.15, 0.2) is 18.5 Å². The molecule has 15 heavy (non-hydrogen) atoms.